The lowest BCUT2D eigenvalue weighted by Crippen LogP contribution is -2.71. The van der Waals surface area contributed by atoms with Crippen molar-refractivity contribution in [2.45, 2.75) is 128 Å². The van der Waals surface area contributed by atoms with E-state index in [1.807, 2.05) is 0 Å². The van der Waals surface area contributed by atoms with Gasteiger partial charge in [0.15, 0.2) is 0 Å². The molecule has 0 aromatic rings. The number of azide groups is 1. The van der Waals surface area contributed by atoms with Gasteiger partial charge in [0, 0.05) is 30.1 Å². The summed E-state index contributed by atoms with van der Waals surface area (Å²) < 4.78 is 10.3. The van der Waals surface area contributed by atoms with E-state index in [0.29, 0.717) is 36.0 Å². The van der Waals surface area contributed by atoms with Crippen molar-refractivity contribution in [1.82, 2.24) is 20.9 Å². The number of β-lactam (4-membered cyclic amide) rings is 1. The maximum Gasteiger partial charge on any atom is 0.408 e. The number of nitrogens with zero attached hydrogens (tertiary/aromatic N) is 4. The van der Waals surface area contributed by atoms with Crippen LogP contribution in [0.15, 0.2) is 16.4 Å². The Bertz CT molecular complexity index is 1700. The van der Waals surface area contributed by atoms with E-state index in [1.54, 1.807) is 6.92 Å². The Morgan fingerprint density at radius 3 is 2.53 bits per heavy atom. The van der Waals surface area contributed by atoms with Gasteiger partial charge < -0.3 is 40.7 Å². The number of aliphatic hydroxyl groups excluding tert-OH is 3. The predicted octanol–water partition coefficient (Wildman–Crippen LogP) is 3.56. The maximum atomic E-state index is 13.5. The fraction of sp³-hybridized carbons (Fsp3) is 0.805. The second kappa shape index (κ2) is 18.4. The fourth-order valence-electron chi connectivity index (χ4n) is 11.9. The number of aliphatic hydroxyl groups is 3. The highest BCUT2D eigenvalue weighted by atomic mass is 32.2. The summed E-state index contributed by atoms with van der Waals surface area (Å²) in [5, 5.41) is 44.5. The largest absolute Gasteiger partial charge is 0.447 e. The Kier molecular flexibility index (Phi) is 14.0. The minimum absolute atomic E-state index is 0.0148. The van der Waals surface area contributed by atoms with Gasteiger partial charge in [0.1, 0.15) is 29.9 Å². The molecule has 6 rings (SSSR count). The minimum Gasteiger partial charge on any atom is -0.447 e. The Labute approximate surface area is 345 Å². The standard InChI is InChI=1S/C41H61N7O9S/c1-6-7-29(45-39(55)57-19-18-56-17-16-43-47-42)44-36(53)33-23(3)21-58-38-32(37(54)48(33)38)46-30(50)11-8-22(2)25-9-10-26-31-27(13-15-40(25,26)4)41(5)14-12-24(49)20-28(41)34(51)35(31)52/h1,22,24-29,31-32,34-35,38,49,51-52H,7-21H2,2-5H3,(H,44,53)(H,45,55)(H,46,50)/t22-,24-,25-,26+,27+,28+,29?,31+,32?,34?,35?,38?,40-,41-/m1/s1. The molecule has 16 nitrogen and oxygen atoms in total. The summed E-state index contributed by atoms with van der Waals surface area (Å²) in [6, 6.07) is -0.777. The Morgan fingerprint density at radius 1 is 1.05 bits per heavy atom. The van der Waals surface area contributed by atoms with Crippen LogP contribution in [0.2, 0.25) is 0 Å². The van der Waals surface area contributed by atoms with Crippen molar-refractivity contribution in [3.63, 3.8) is 0 Å². The maximum absolute atomic E-state index is 13.5. The average molecular weight is 828 g/mol. The highest BCUT2D eigenvalue weighted by molar-refractivity contribution is 8.00. The first-order valence-corrected chi connectivity index (χ1v) is 21.9. The predicted molar refractivity (Wildman–Crippen MR) is 215 cm³/mol. The zero-order valence-electron chi connectivity index (χ0n) is 34.1. The van der Waals surface area contributed by atoms with Gasteiger partial charge in [-0.2, -0.15) is 0 Å². The van der Waals surface area contributed by atoms with Crippen LogP contribution in [0.5, 0.6) is 0 Å². The molecule has 0 aromatic carbocycles. The molecule has 0 aromatic heterocycles. The van der Waals surface area contributed by atoms with Crippen molar-refractivity contribution < 1.29 is 44.0 Å². The van der Waals surface area contributed by atoms with Crippen LogP contribution in [-0.4, -0.2) is 112 Å². The van der Waals surface area contributed by atoms with Crippen LogP contribution in [0.25, 0.3) is 10.4 Å². The fourth-order valence-corrected chi connectivity index (χ4v) is 13.2. The lowest BCUT2D eigenvalue weighted by atomic mass is 9.43. The van der Waals surface area contributed by atoms with Crippen molar-refractivity contribution in [2.75, 3.05) is 32.1 Å². The number of terminal acetylenes is 1. The van der Waals surface area contributed by atoms with Gasteiger partial charge in [0.05, 0.1) is 31.5 Å². The van der Waals surface area contributed by atoms with Crippen molar-refractivity contribution in [3.05, 3.63) is 21.7 Å². The zero-order valence-corrected chi connectivity index (χ0v) is 34.9. The van der Waals surface area contributed by atoms with Gasteiger partial charge in [-0.05, 0) is 116 Å². The summed E-state index contributed by atoms with van der Waals surface area (Å²) in [6.45, 7) is 8.93. The van der Waals surface area contributed by atoms with E-state index in [4.69, 9.17) is 21.4 Å². The van der Waals surface area contributed by atoms with Crippen molar-refractivity contribution in [3.8, 4) is 12.3 Å². The minimum atomic E-state index is -0.979. The summed E-state index contributed by atoms with van der Waals surface area (Å²) in [4.78, 5) is 56.9. The first-order valence-electron chi connectivity index (χ1n) is 20.9. The molecule has 0 spiro atoms. The van der Waals surface area contributed by atoms with E-state index < -0.39 is 47.9 Å². The van der Waals surface area contributed by atoms with E-state index in [9.17, 15) is 34.5 Å². The number of carbonyl (C=O) groups is 4. The molecular weight excluding hydrogens is 767 g/mol. The van der Waals surface area contributed by atoms with Crippen LogP contribution in [0.1, 0.15) is 91.9 Å². The van der Waals surface area contributed by atoms with Crippen LogP contribution in [0.4, 0.5) is 4.79 Å². The Hall–Kier alpha value is -3.52. The van der Waals surface area contributed by atoms with Crippen LogP contribution in [-0.2, 0) is 23.9 Å². The van der Waals surface area contributed by atoms with Crippen molar-refractivity contribution >= 4 is 35.6 Å². The Morgan fingerprint density at radius 2 is 1.79 bits per heavy atom. The highest BCUT2D eigenvalue weighted by Crippen LogP contribution is 2.68. The van der Waals surface area contributed by atoms with E-state index in [2.05, 4.69) is 52.7 Å². The molecule has 0 bridgehead atoms. The topological polar surface area (TPSA) is 236 Å². The molecule has 2 heterocycles. The van der Waals surface area contributed by atoms with Crippen LogP contribution in [0.3, 0.4) is 0 Å². The summed E-state index contributed by atoms with van der Waals surface area (Å²) in [5.41, 5.74) is 9.02. The summed E-state index contributed by atoms with van der Waals surface area (Å²) in [5.74, 6) is 2.82. The lowest BCUT2D eigenvalue weighted by molar-refractivity contribution is -0.223. The first-order chi connectivity index (χ1) is 27.7. The van der Waals surface area contributed by atoms with E-state index in [1.165, 1.54) is 16.7 Å². The summed E-state index contributed by atoms with van der Waals surface area (Å²) in [6.07, 6.45) is 8.70. The molecule has 320 valence electrons. The summed E-state index contributed by atoms with van der Waals surface area (Å²) >= 11 is 1.47. The molecule has 4 saturated carbocycles. The van der Waals surface area contributed by atoms with Crippen LogP contribution < -0.4 is 16.0 Å². The van der Waals surface area contributed by atoms with Gasteiger partial charge in [-0.1, -0.05) is 25.9 Å². The molecule has 5 unspecified atom stereocenters. The number of thioether (sulfide) groups is 1. The number of hydrogen-bond donors (Lipinski definition) is 6. The Balaban J connectivity index is 0.989. The SMILES string of the molecule is C#CCC(NC(=O)OCCOCCN=[N+]=[N-])NC(=O)C1=C(C)CSC2C(NC(=O)CC[C@@H](C)[C@H]3CC[C@H]4[C@@H]5C(O)C(O)[C@@H]6C[C@H](O)CC[C@]6(C)[C@H]5CC[C@]34C)C(=O)N12. The molecule has 1 saturated heterocycles. The normalized spacial score (nSPS) is 37.3. The van der Waals surface area contributed by atoms with Gasteiger partial charge >= 0.3 is 6.09 Å². The number of carbonyl (C=O) groups excluding carboxylic acids is 4. The van der Waals surface area contributed by atoms with Crippen LogP contribution >= 0.6 is 11.8 Å². The number of nitrogens with one attached hydrogen (secondary N) is 3. The molecule has 6 aliphatic rings. The van der Waals surface area contributed by atoms with Crippen molar-refractivity contribution in [2.24, 2.45) is 51.5 Å². The molecule has 14 atom stereocenters. The number of rotatable bonds is 15. The number of hydrogen-bond acceptors (Lipinski definition) is 11. The zero-order chi connectivity index (χ0) is 41.9. The molecule has 4 aliphatic carbocycles. The van der Waals surface area contributed by atoms with Crippen LogP contribution in [0, 0.1) is 58.7 Å². The first kappa shape index (κ1) is 44.0. The third kappa shape index (κ3) is 8.56. The molecule has 5 fully saturated rings. The molecule has 4 amide bonds. The van der Waals surface area contributed by atoms with E-state index in [-0.39, 0.29) is 91.2 Å². The average Bonchev–Trinajstić information content (AvgIpc) is 3.55. The summed E-state index contributed by atoms with van der Waals surface area (Å²) in [7, 11) is 0. The van der Waals surface area contributed by atoms with Crippen molar-refractivity contribution in [1.29, 1.82) is 0 Å². The molecule has 0 radical (unpaired) electrons. The lowest BCUT2D eigenvalue weighted by Gasteiger charge is -2.63. The molecule has 2 aliphatic heterocycles. The quantitative estimate of drug-likeness (QED) is 0.0267. The smallest absolute Gasteiger partial charge is 0.408 e. The van der Waals surface area contributed by atoms with Gasteiger partial charge in [-0.3, -0.25) is 19.3 Å². The molecular formula is C41H61N7O9S. The number of fused-ring (bicyclic) bond motifs is 6. The molecule has 17 heteroatoms. The number of amides is 4. The van der Waals surface area contributed by atoms with E-state index in [0.717, 1.165) is 38.5 Å². The highest BCUT2D eigenvalue weighted by Gasteiger charge is 2.65. The van der Waals surface area contributed by atoms with Gasteiger partial charge in [0.2, 0.25) is 5.91 Å². The number of ether oxygens (including phenoxy) is 2. The van der Waals surface area contributed by atoms with Gasteiger partial charge in [-0.15, -0.1) is 24.1 Å². The molecule has 6 N–H and O–H groups in total. The second-order valence-corrected chi connectivity index (χ2v) is 19.0. The third-order valence-electron chi connectivity index (χ3n) is 14.8. The van der Waals surface area contributed by atoms with Gasteiger partial charge in [0.25, 0.3) is 11.8 Å². The third-order valence-corrected chi connectivity index (χ3v) is 16.2. The molecule has 58 heavy (non-hydrogen) atoms. The number of alkyl carbamates (subject to hydrolysis) is 1. The monoisotopic (exact) mass is 827 g/mol. The van der Waals surface area contributed by atoms with Gasteiger partial charge in [-0.25, -0.2) is 4.79 Å². The second-order valence-electron chi connectivity index (χ2n) is 17.9. The van der Waals surface area contributed by atoms with E-state index >= 15 is 0 Å².